The molecule has 1 fully saturated rings. The number of aryl methyl sites for hydroxylation is 1. The SMILES string of the molecule is Cc1cccc2cc([C@H](C)NC(=O)OC(C)(C)C)c(N3CCSCC3)nc12. The lowest BCUT2D eigenvalue weighted by Gasteiger charge is -2.31. The fourth-order valence-electron chi connectivity index (χ4n) is 3.26. The number of pyridine rings is 1. The molecule has 146 valence electrons. The van der Waals surface area contributed by atoms with Gasteiger partial charge in [0.1, 0.15) is 11.4 Å². The van der Waals surface area contributed by atoms with Crippen LogP contribution in [0, 0.1) is 6.92 Å². The predicted molar refractivity (Wildman–Crippen MR) is 114 cm³/mol. The lowest BCUT2D eigenvalue weighted by molar-refractivity contribution is 0.0508. The molecule has 0 bridgehead atoms. The molecule has 2 heterocycles. The molecule has 27 heavy (non-hydrogen) atoms. The first-order valence-electron chi connectivity index (χ1n) is 9.47. The summed E-state index contributed by atoms with van der Waals surface area (Å²) in [5.74, 6) is 3.17. The summed E-state index contributed by atoms with van der Waals surface area (Å²) in [5, 5.41) is 4.07. The molecule has 1 aliphatic heterocycles. The molecule has 3 rings (SSSR count). The number of fused-ring (bicyclic) bond motifs is 1. The molecule has 0 saturated carbocycles. The molecule has 0 spiro atoms. The second-order valence-corrected chi connectivity index (χ2v) is 9.24. The molecule has 6 heteroatoms. The van der Waals surface area contributed by atoms with Crippen molar-refractivity contribution in [3.05, 3.63) is 35.4 Å². The molecule has 0 radical (unpaired) electrons. The van der Waals surface area contributed by atoms with Crippen molar-refractivity contribution in [2.75, 3.05) is 29.5 Å². The number of carbonyl (C=O) groups excluding carboxylic acids is 1. The summed E-state index contributed by atoms with van der Waals surface area (Å²) in [6.45, 7) is 11.6. The van der Waals surface area contributed by atoms with Crippen LogP contribution in [0.4, 0.5) is 10.6 Å². The second kappa shape index (κ2) is 7.97. The van der Waals surface area contributed by atoms with E-state index in [9.17, 15) is 4.79 Å². The summed E-state index contributed by atoms with van der Waals surface area (Å²) in [5.41, 5.74) is 2.71. The first-order chi connectivity index (χ1) is 12.7. The van der Waals surface area contributed by atoms with Gasteiger partial charge in [0.05, 0.1) is 11.6 Å². The molecule has 2 aromatic rings. The average Bonchev–Trinajstić information content (AvgIpc) is 2.60. The van der Waals surface area contributed by atoms with E-state index in [-0.39, 0.29) is 6.04 Å². The number of hydrogen-bond acceptors (Lipinski definition) is 5. The highest BCUT2D eigenvalue weighted by Crippen LogP contribution is 2.31. The number of nitrogens with zero attached hydrogens (tertiary/aromatic N) is 2. The van der Waals surface area contributed by atoms with E-state index in [2.05, 4.69) is 35.3 Å². The van der Waals surface area contributed by atoms with Crippen LogP contribution in [0.2, 0.25) is 0 Å². The van der Waals surface area contributed by atoms with Crippen LogP contribution in [0.5, 0.6) is 0 Å². The van der Waals surface area contributed by atoms with Crippen molar-refractivity contribution in [2.24, 2.45) is 0 Å². The smallest absolute Gasteiger partial charge is 0.408 e. The van der Waals surface area contributed by atoms with Crippen molar-refractivity contribution >= 4 is 34.6 Å². The molecule has 5 nitrogen and oxygen atoms in total. The Labute approximate surface area is 165 Å². The van der Waals surface area contributed by atoms with E-state index < -0.39 is 11.7 Å². The summed E-state index contributed by atoms with van der Waals surface area (Å²) in [6.07, 6.45) is -0.403. The summed E-state index contributed by atoms with van der Waals surface area (Å²) in [6, 6.07) is 8.19. The highest BCUT2D eigenvalue weighted by Gasteiger charge is 2.24. The van der Waals surface area contributed by atoms with Gasteiger partial charge < -0.3 is 15.0 Å². The third-order valence-electron chi connectivity index (χ3n) is 4.57. The van der Waals surface area contributed by atoms with E-state index in [1.165, 1.54) is 5.56 Å². The van der Waals surface area contributed by atoms with Crippen molar-refractivity contribution in [3.63, 3.8) is 0 Å². The van der Waals surface area contributed by atoms with Gasteiger partial charge in [0.25, 0.3) is 0 Å². The number of para-hydroxylation sites is 1. The summed E-state index contributed by atoms with van der Waals surface area (Å²) in [4.78, 5) is 19.6. The summed E-state index contributed by atoms with van der Waals surface area (Å²) < 4.78 is 5.43. The fraction of sp³-hybridized carbons (Fsp3) is 0.524. The number of thioether (sulfide) groups is 1. The van der Waals surface area contributed by atoms with E-state index >= 15 is 0 Å². The minimum atomic E-state index is -0.518. The largest absolute Gasteiger partial charge is 0.444 e. The van der Waals surface area contributed by atoms with Crippen LogP contribution in [0.15, 0.2) is 24.3 Å². The van der Waals surface area contributed by atoms with Crippen molar-refractivity contribution in [2.45, 2.75) is 46.3 Å². The molecule has 0 unspecified atom stereocenters. The molecule has 1 aromatic heterocycles. The van der Waals surface area contributed by atoms with Crippen molar-refractivity contribution in [1.82, 2.24) is 10.3 Å². The molecule has 0 aliphatic carbocycles. The van der Waals surface area contributed by atoms with Gasteiger partial charge in [-0.15, -0.1) is 0 Å². The monoisotopic (exact) mass is 387 g/mol. The summed E-state index contributed by atoms with van der Waals surface area (Å²) >= 11 is 1.97. The Hall–Kier alpha value is -1.95. The van der Waals surface area contributed by atoms with Gasteiger partial charge in [-0.3, -0.25) is 0 Å². The molecule has 1 amide bonds. The number of ether oxygens (including phenoxy) is 1. The zero-order valence-electron chi connectivity index (χ0n) is 16.8. The topological polar surface area (TPSA) is 54.5 Å². The van der Waals surface area contributed by atoms with Crippen LogP contribution in [0.1, 0.15) is 44.9 Å². The van der Waals surface area contributed by atoms with Gasteiger partial charge in [-0.2, -0.15) is 11.8 Å². The quantitative estimate of drug-likeness (QED) is 0.828. The van der Waals surface area contributed by atoms with Gasteiger partial charge >= 0.3 is 6.09 Å². The number of alkyl carbamates (subject to hydrolysis) is 1. The van der Waals surface area contributed by atoms with E-state index in [4.69, 9.17) is 9.72 Å². The van der Waals surface area contributed by atoms with Crippen LogP contribution in [0.3, 0.4) is 0 Å². The van der Waals surface area contributed by atoms with Crippen LogP contribution >= 0.6 is 11.8 Å². The maximum atomic E-state index is 12.3. The predicted octanol–water partition coefficient (Wildman–Crippen LogP) is 4.68. The van der Waals surface area contributed by atoms with Gasteiger partial charge in [-0.05, 0) is 46.2 Å². The number of benzene rings is 1. The zero-order chi connectivity index (χ0) is 19.6. The van der Waals surface area contributed by atoms with E-state index in [1.807, 2.05) is 45.5 Å². The molecule has 1 N–H and O–H groups in total. The van der Waals surface area contributed by atoms with Gasteiger partial charge in [0, 0.05) is 35.5 Å². The fourth-order valence-corrected chi connectivity index (χ4v) is 4.17. The molecule has 1 aromatic carbocycles. The van der Waals surface area contributed by atoms with Crippen molar-refractivity contribution in [1.29, 1.82) is 0 Å². The Bertz CT molecular complexity index is 826. The second-order valence-electron chi connectivity index (χ2n) is 8.02. The maximum Gasteiger partial charge on any atom is 0.408 e. The molecular weight excluding hydrogens is 358 g/mol. The molecule has 1 atom stereocenters. The molecule has 1 saturated heterocycles. The Morgan fingerprint density at radius 3 is 2.67 bits per heavy atom. The van der Waals surface area contributed by atoms with E-state index in [1.54, 1.807) is 0 Å². The number of rotatable bonds is 3. The number of hydrogen-bond donors (Lipinski definition) is 1. The van der Waals surface area contributed by atoms with Gasteiger partial charge in [0.2, 0.25) is 0 Å². The first-order valence-corrected chi connectivity index (χ1v) is 10.6. The van der Waals surface area contributed by atoms with Crippen molar-refractivity contribution in [3.8, 4) is 0 Å². The number of nitrogens with one attached hydrogen (secondary N) is 1. The Morgan fingerprint density at radius 2 is 2.00 bits per heavy atom. The Balaban J connectivity index is 1.97. The molecular formula is C21H29N3O2S. The number of aromatic nitrogens is 1. The van der Waals surface area contributed by atoms with Crippen molar-refractivity contribution < 1.29 is 9.53 Å². The third-order valence-corrected chi connectivity index (χ3v) is 5.51. The highest BCUT2D eigenvalue weighted by atomic mass is 32.2. The Kier molecular flexibility index (Phi) is 5.84. The van der Waals surface area contributed by atoms with Crippen LogP contribution in [-0.4, -0.2) is 41.3 Å². The normalized spacial score (nSPS) is 16.3. The molecule has 1 aliphatic rings. The zero-order valence-corrected chi connectivity index (χ0v) is 17.7. The van der Waals surface area contributed by atoms with Gasteiger partial charge in [-0.1, -0.05) is 18.2 Å². The minimum absolute atomic E-state index is 0.193. The third kappa shape index (κ3) is 4.86. The number of carbonyl (C=O) groups is 1. The van der Waals surface area contributed by atoms with E-state index in [0.29, 0.717) is 0 Å². The lowest BCUT2D eigenvalue weighted by Crippen LogP contribution is -2.37. The van der Waals surface area contributed by atoms with Gasteiger partial charge in [0.15, 0.2) is 0 Å². The standard InChI is InChI=1S/C21H29N3O2S/c1-14-7-6-8-16-13-17(15(2)22-20(25)26-21(3,4)5)19(23-18(14)16)24-9-11-27-12-10-24/h6-8,13,15H,9-12H2,1-5H3,(H,22,25)/t15-/m0/s1. The van der Waals surface area contributed by atoms with Gasteiger partial charge in [-0.25, -0.2) is 9.78 Å². The van der Waals surface area contributed by atoms with E-state index in [0.717, 1.165) is 46.9 Å². The number of anilines is 1. The van der Waals surface area contributed by atoms with Crippen LogP contribution in [0.25, 0.3) is 10.9 Å². The Morgan fingerprint density at radius 1 is 1.30 bits per heavy atom. The lowest BCUT2D eigenvalue weighted by atomic mass is 10.0. The van der Waals surface area contributed by atoms with Crippen LogP contribution < -0.4 is 10.2 Å². The average molecular weight is 388 g/mol. The highest BCUT2D eigenvalue weighted by molar-refractivity contribution is 7.99. The first kappa shape index (κ1) is 19.8. The van der Waals surface area contributed by atoms with Crippen LogP contribution in [-0.2, 0) is 4.74 Å². The summed E-state index contributed by atoms with van der Waals surface area (Å²) in [7, 11) is 0. The minimum Gasteiger partial charge on any atom is -0.444 e. The number of amides is 1. The maximum absolute atomic E-state index is 12.3.